The van der Waals surface area contributed by atoms with Crippen molar-refractivity contribution in [2.75, 3.05) is 19.1 Å². The molecule has 2 heterocycles. The molecule has 0 spiro atoms. The lowest BCUT2D eigenvalue weighted by atomic mass is 10.8. The molecule has 0 aliphatic carbocycles. The molecule has 58 valence electrons. The predicted molar refractivity (Wildman–Crippen MR) is 43.2 cm³/mol. The highest BCUT2D eigenvalue weighted by molar-refractivity contribution is 5.38. The SMILES string of the molecule is CN(C)n1ccn2cncc12. The molecule has 0 aliphatic rings. The third kappa shape index (κ3) is 0.790. The Kier molecular flexibility index (Phi) is 1.15. The quantitative estimate of drug-likeness (QED) is 0.585. The van der Waals surface area contributed by atoms with Gasteiger partial charge in [0.15, 0.2) is 5.65 Å². The maximum absolute atomic E-state index is 4.02. The van der Waals surface area contributed by atoms with Crippen molar-refractivity contribution < 1.29 is 0 Å². The molecule has 4 nitrogen and oxygen atoms in total. The van der Waals surface area contributed by atoms with Crippen molar-refractivity contribution in [2.45, 2.75) is 0 Å². The Morgan fingerprint density at radius 2 is 2.18 bits per heavy atom. The minimum Gasteiger partial charge on any atom is -0.317 e. The fourth-order valence-corrected chi connectivity index (χ4v) is 1.14. The molecule has 0 saturated carbocycles. The second kappa shape index (κ2) is 2.02. The number of nitrogens with zero attached hydrogens (tertiary/aromatic N) is 4. The van der Waals surface area contributed by atoms with E-state index in [-0.39, 0.29) is 0 Å². The molecule has 0 atom stereocenters. The van der Waals surface area contributed by atoms with Gasteiger partial charge in [0.05, 0.1) is 6.20 Å². The first-order valence-electron chi connectivity index (χ1n) is 3.45. The molecule has 0 aliphatic heterocycles. The molecule has 2 rings (SSSR count). The summed E-state index contributed by atoms with van der Waals surface area (Å²) >= 11 is 0. The van der Waals surface area contributed by atoms with Gasteiger partial charge in [0.1, 0.15) is 6.33 Å². The van der Waals surface area contributed by atoms with E-state index in [1.807, 2.05) is 46.8 Å². The molecule has 2 aromatic rings. The Hall–Kier alpha value is -1.45. The molecule has 11 heavy (non-hydrogen) atoms. The van der Waals surface area contributed by atoms with Crippen LogP contribution in [0.1, 0.15) is 0 Å². The first kappa shape index (κ1) is 6.27. The van der Waals surface area contributed by atoms with Crippen LogP contribution >= 0.6 is 0 Å². The van der Waals surface area contributed by atoms with E-state index < -0.39 is 0 Å². The second-order valence-corrected chi connectivity index (χ2v) is 2.65. The summed E-state index contributed by atoms with van der Waals surface area (Å²) in [5.74, 6) is 0. The van der Waals surface area contributed by atoms with Gasteiger partial charge in [-0.15, -0.1) is 0 Å². The van der Waals surface area contributed by atoms with Gasteiger partial charge < -0.3 is 5.01 Å². The smallest absolute Gasteiger partial charge is 0.155 e. The van der Waals surface area contributed by atoms with Crippen LogP contribution in [0.25, 0.3) is 5.65 Å². The predicted octanol–water partition coefficient (Wildman–Crippen LogP) is 0.333. The zero-order valence-electron chi connectivity index (χ0n) is 6.60. The molecule has 0 saturated heterocycles. The lowest BCUT2D eigenvalue weighted by Crippen LogP contribution is -2.23. The standard InChI is InChI=1S/C7H10N4/c1-9(2)11-4-3-10-6-8-5-7(10)11/h3-6H,1-2H3. The summed E-state index contributed by atoms with van der Waals surface area (Å²) in [5.41, 5.74) is 1.08. The topological polar surface area (TPSA) is 25.5 Å². The Balaban J connectivity index is 2.68. The Labute approximate surface area is 64.6 Å². The van der Waals surface area contributed by atoms with Crippen molar-refractivity contribution in [3.05, 3.63) is 24.9 Å². The number of hydrogen-bond acceptors (Lipinski definition) is 2. The van der Waals surface area contributed by atoms with Gasteiger partial charge in [0.25, 0.3) is 0 Å². The number of fused-ring (bicyclic) bond motifs is 1. The second-order valence-electron chi connectivity index (χ2n) is 2.65. The summed E-state index contributed by atoms with van der Waals surface area (Å²) in [7, 11) is 3.99. The van der Waals surface area contributed by atoms with Crippen LogP contribution in [0.15, 0.2) is 24.9 Å². The first-order chi connectivity index (χ1) is 5.29. The minimum absolute atomic E-state index is 1.08. The first-order valence-corrected chi connectivity index (χ1v) is 3.45. The Morgan fingerprint density at radius 1 is 1.36 bits per heavy atom. The van der Waals surface area contributed by atoms with E-state index in [1.54, 1.807) is 6.33 Å². The summed E-state index contributed by atoms with van der Waals surface area (Å²) in [5, 5.41) is 2.00. The number of imidazole rings is 2. The largest absolute Gasteiger partial charge is 0.317 e. The van der Waals surface area contributed by atoms with Crippen LogP contribution in [0.4, 0.5) is 0 Å². The van der Waals surface area contributed by atoms with Crippen molar-refractivity contribution >= 4 is 5.65 Å². The molecule has 0 amide bonds. The molecule has 0 bridgehead atoms. The van der Waals surface area contributed by atoms with Gasteiger partial charge in [0.2, 0.25) is 0 Å². The van der Waals surface area contributed by atoms with Crippen LogP contribution in [-0.4, -0.2) is 28.2 Å². The molecule has 0 N–H and O–H groups in total. The van der Waals surface area contributed by atoms with Crippen LogP contribution < -0.4 is 5.01 Å². The van der Waals surface area contributed by atoms with Gasteiger partial charge in [-0.3, -0.25) is 4.40 Å². The van der Waals surface area contributed by atoms with Crippen molar-refractivity contribution in [3.8, 4) is 0 Å². The zero-order chi connectivity index (χ0) is 7.84. The summed E-state index contributed by atoms with van der Waals surface area (Å²) in [6.07, 6.45) is 7.59. The highest BCUT2D eigenvalue weighted by atomic mass is 15.5. The Bertz CT molecular complexity index is 357. The van der Waals surface area contributed by atoms with Gasteiger partial charge >= 0.3 is 0 Å². The fraction of sp³-hybridized carbons (Fsp3) is 0.286. The van der Waals surface area contributed by atoms with Crippen molar-refractivity contribution in [1.82, 2.24) is 14.1 Å². The summed E-state index contributed by atoms with van der Waals surface area (Å²) in [6, 6.07) is 0. The van der Waals surface area contributed by atoms with E-state index in [2.05, 4.69) is 4.98 Å². The molecular weight excluding hydrogens is 140 g/mol. The molecule has 0 radical (unpaired) electrons. The van der Waals surface area contributed by atoms with Gasteiger partial charge in [-0.2, -0.15) is 0 Å². The average Bonchev–Trinajstić information content (AvgIpc) is 2.41. The molecule has 0 unspecified atom stereocenters. The number of rotatable bonds is 1. The lowest BCUT2D eigenvalue weighted by molar-refractivity contribution is 0.757. The van der Waals surface area contributed by atoms with Crippen LogP contribution in [-0.2, 0) is 0 Å². The highest BCUT2D eigenvalue weighted by Gasteiger charge is 1.99. The number of aromatic nitrogens is 3. The monoisotopic (exact) mass is 150 g/mol. The molecule has 2 aromatic heterocycles. The van der Waals surface area contributed by atoms with E-state index in [0.717, 1.165) is 5.65 Å². The normalized spacial score (nSPS) is 10.7. The Morgan fingerprint density at radius 3 is 2.91 bits per heavy atom. The van der Waals surface area contributed by atoms with E-state index in [1.165, 1.54) is 0 Å². The van der Waals surface area contributed by atoms with Crippen molar-refractivity contribution in [2.24, 2.45) is 0 Å². The van der Waals surface area contributed by atoms with Crippen LogP contribution in [0.2, 0.25) is 0 Å². The minimum atomic E-state index is 1.08. The van der Waals surface area contributed by atoms with Gasteiger partial charge in [-0.1, -0.05) is 0 Å². The van der Waals surface area contributed by atoms with Crippen LogP contribution in [0.3, 0.4) is 0 Å². The van der Waals surface area contributed by atoms with E-state index in [4.69, 9.17) is 0 Å². The van der Waals surface area contributed by atoms with E-state index >= 15 is 0 Å². The average molecular weight is 150 g/mol. The van der Waals surface area contributed by atoms with E-state index in [0.29, 0.717) is 0 Å². The summed E-state index contributed by atoms with van der Waals surface area (Å²) < 4.78 is 3.99. The van der Waals surface area contributed by atoms with E-state index in [9.17, 15) is 0 Å². The summed E-state index contributed by atoms with van der Waals surface area (Å²) in [6.45, 7) is 0. The molecular formula is C7H10N4. The number of hydrogen-bond donors (Lipinski definition) is 0. The van der Waals surface area contributed by atoms with Gasteiger partial charge in [-0.05, 0) is 0 Å². The van der Waals surface area contributed by atoms with Gasteiger partial charge in [-0.25, -0.2) is 9.66 Å². The maximum atomic E-state index is 4.02. The van der Waals surface area contributed by atoms with Gasteiger partial charge in [0, 0.05) is 26.5 Å². The van der Waals surface area contributed by atoms with Crippen molar-refractivity contribution in [1.29, 1.82) is 0 Å². The third-order valence-corrected chi connectivity index (χ3v) is 1.68. The highest BCUT2D eigenvalue weighted by Crippen LogP contribution is 2.02. The van der Waals surface area contributed by atoms with Crippen LogP contribution in [0, 0.1) is 0 Å². The maximum Gasteiger partial charge on any atom is 0.155 e. The fourth-order valence-electron chi connectivity index (χ4n) is 1.14. The van der Waals surface area contributed by atoms with Crippen LogP contribution in [0.5, 0.6) is 0 Å². The third-order valence-electron chi connectivity index (χ3n) is 1.68. The molecule has 0 aromatic carbocycles. The molecule has 0 fully saturated rings. The van der Waals surface area contributed by atoms with Crippen molar-refractivity contribution in [3.63, 3.8) is 0 Å². The summed E-state index contributed by atoms with van der Waals surface area (Å²) in [4.78, 5) is 4.02. The zero-order valence-corrected chi connectivity index (χ0v) is 6.60. The molecule has 4 heteroatoms. The lowest BCUT2D eigenvalue weighted by Gasteiger charge is -2.13.